The Morgan fingerprint density at radius 3 is 2.58 bits per heavy atom. The van der Waals surface area contributed by atoms with Crippen molar-refractivity contribution in [3.63, 3.8) is 0 Å². The minimum atomic E-state index is 0.419. The molecule has 1 aliphatic rings. The zero-order valence-electron chi connectivity index (χ0n) is 16.3. The number of aryl methyl sites for hydroxylation is 1. The molecule has 0 spiro atoms. The van der Waals surface area contributed by atoms with Crippen LogP contribution >= 0.6 is 11.6 Å². The summed E-state index contributed by atoms with van der Waals surface area (Å²) in [6.07, 6.45) is 7.87. The van der Waals surface area contributed by atoms with E-state index in [2.05, 4.69) is 61.2 Å². The molecule has 1 heterocycles. The lowest BCUT2D eigenvalue weighted by molar-refractivity contribution is 0.269. The summed E-state index contributed by atoms with van der Waals surface area (Å²) in [6.45, 7) is 7.88. The van der Waals surface area contributed by atoms with Gasteiger partial charge in [-0.1, -0.05) is 80.6 Å². The summed E-state index contributed by atoms with van der Waals surface area (Å²) < 4.78 is 0. The number of halogens is 1. The number of hydrogen-bond acceptors (Lipinski definition) is 1. The number of hydrogen-bond donors (Lipinski definition) is 0. The van der Waals surface area contributed by atoms with Crippen molar-refractivity contribution in [2.24, 2.45) is 0 Å². The highest BCUT2D eigenvalue weighted by Gasteiger charge is 2.25. The normalized spacial score (nSPS) is 17.7. The molecule has 1 atom stereocenters. The fraction of sp³-hybridized carbons (Fsp3) is 0.500. The van der Waals surface area contributed by atoms with Crippen molar-refractivity contribution in [1.29, 1.82) is 0 Å². The summed E-state index contributed by atoms with van der Waals surface area (Å²) in [7, 11) is 0. The van der Waals surface area contributed by atoms with Gasteiger partial charge in [0.25, 0.3) is 0 Å². The van der Waals surface area contributed by atoms with Crippen molar-refractivity contribution < 1.29 is 0 Å². The van der Waals surface area contributed by atoms with E-state index in [9.17, 15) is 0 Å². The molecule has 3 rings (SSSR count). The topological polar surface area (TPSA) is 3.24 Å². The third-order valence-electron chi connectivity index (χ3n) is 5.71. The van der Waals surface area contributed by atoms with Crippen LogP contribution in [0.3, 0.4) is 0 Å². The first-order valence-corrected chi connectivity index (χ1v) is 10.6. The molecule has 0 saturated carbocycles. The average Bonchev–Trinajstić information content (AvgIpc) is 2.83. The number of rotatable bonds is 7. The minimum absolute atomic E-state index is 0.419. The van der Waals surface area contributed by atoms with Crippen molar-refractivity contribution in [1.82, 2.24) is 4.90 Å². The van der Waals surface area contributed by atoms with E-state index in [4.69, 9.17) is 11.6 Å². The van der Waals surface area contributed by atoms with E-state index in [-0.39, 0.29) is 0 Å². The van der Waals surface area contributed by atoms with Crippen LogP contribution in [0.2, 0.25) is 5.02 Å². The highest BCUT2D eigenvalue weighted by atomic mass is 35.5. The van der Waals surface area contributed by atoms with E-state index < -0.39 is 0 Å². The number of benzene rings is 2. The van der Waals surface area contributed by atoms with Crippen LogP contribution in [0.5, 0.6) is 0 Å². The Morgan fingerprint density at radius 1 is 1.04 bits per heavy atom. The maximum Gasteiger partial charge on any atom is 0.0438 e. The van der Waals surface area contributed by atoms with Gasteiger partial charge in [-0.25, -0.2) is 0 Å². The van der Waals surface area contributed by atoms with Crippen LogP contribution < -0.4 is 0 Å². The molecule has 0 fully saturated rings. The molecule has 0 aliphatic carbocycles. The monoisotopic (exact) mass is 369 g/mol. The first kappa shape index (κ1) is 19.5. The van der Waals surface area contributed by atoms with Gasteiger partial charge in [0.1, 0.15) is 0 Å². The van der Waals surface area contributed by atoms with Gasteiger partial charge in [0.05, 0.1) is 0 Å². The third kappa shape index (κ3) is 4.90. The Bertz CT molecular complexity index is 695. The summed E-state index contributed by atoms with van der Waals surface area (Å²) in [5.74, 6) is 0.419. The maximum absolute atomic E-state index is 6.51. The average molecular weight is 370 g/mol. The molecule has 1 unspecified atom stereocenters. The van der Waals surface area contributed by atoms with Crippen LogP contribution in [0, 0.1) is 6.92 Å². The smallest absolute Gasteiger partial charge is 0.0438 e. The Morgan fingerprint density at radius 2 is 1.81 bits per heavy atom. The summed E-state index contributed by atoms with van der Waals surface area (Å²) >= 11 is 6.51. The molecule has 140 valence electrons. The van der Waals surface area contributed by atoms with E-state index in [0.717, 1.165) is 24.5 Å². The molecule has 1 nitrogen and oxygen atoms in total. The van der Waals surface area contributed by atoms with Gasteiger partial charge in [-0.2, -0.15) is 0 Å². The zero-order valence-corrected chi connectivity index (χ0v) is 17.1. The lowest BCUT2D eigenvalue weighted by Gasteiger charge is -2.25. The highest BCUT2D eigenvalue weighted by Crippen LogP contribution is 2.34. The molecule has 2 aromatic carbocycles. The number of nitrogens with zero attached hydrogens (tertiary/aromatic N) is 1. The fourth-order valence-corrected chi connectivity index (χ4v) is 4.31. The van der Waals surface area contributed by atoms with Crippen LogP contribution in [-0.4, -0.2) is 24.5 Å². The molecule has 26 heavy (non-hydrogen) atoms. The second-order valence-corrected chi connectivity index (χ2v) is 8.14. The zero-order chi connectivity index (χ0) is 18.4. The van der Waals surface area contributed by atoms with Crippen LogP contribution in [-0.2, 0) is 6.42 Å². The van der Waals surface area contributed by atoms with E-state index >= 15 is 0 Å². The molecule has 0 aromatic heterocycles. The largest absolute Gasteiger partial charge is 0.302 e. The van der Waals surface area contributed by atoms with Crippen molar-refractivity contribution in [2.75, 3.05) is 19.6 Å². The van der Waals surface area contributed by atoms with E-state index in [1.54, 1.807) is 0 Å². The van der Waals surface area contributed by atoms with Crippen molar-refractivity contribution in [2.45, 2.75) is 58.3 Å². The lowest BCUT2D eigenvalue weighted by atomic mass is 9.87. The molecular formula is C24H32ClN. The third-order valence-corrected chi connectivity index (χ3v) is 6.12. The predicted molar refractivity (Wildman–Crippen MR) is 113 cm³/mol. The molecule has 0 radical (unpaired) electrons. The molecular weight excluding hydrogens is 338 g/mol. The Balaban J connectivity index is 1.80. The maximum atomic E-state index is 6.51. The standard InChI is InChI=1S/C24H32ClN/c1-3-4-5-6-10-14-26-15-13-21-16-19(2)24(25)17-22(21)23(18-26)20-11-8-7-9-12-20/h7-9,11-12,16-17,23H,3-6,10,13-15,18H2,1-2H3. The SMILES string of the molecule is CCCCCCCN1CCc2cc(C)c(Cl)cc2C(c2ccccc2)C1. The van der Waals surface area contributed by atoms with Gasteiger partial charge in [0, 0.05) is 24.0 Å². The predicted octanol–water partition coefficient (Wildman–Crippen LogP) is 6.61. The van der Waals surface area contributed by atoms with Gasteiger partial charge < -0.3 is 4.90 Å². The number of unbranched alkanes of at least 4 members (excludes halogenated alkanes) is 4. The molecule has 0 N–H and O–H groups in total. The summed E-state index contributed by atoms with van der Waals surface area (Å²) in [4.78, 5) is 2.67. The van der Waals surface area contributed by atoms with Crippen molar-refractivity contribution >= 4 is 11.6 Å². The summed E-state index contributed by atoms with van der Waals surface area (Å²) in [5, 5.41) is 0.901. The Hall–Kier alpha value is -1.31. The van der Waals surface area contributed by atoms with Gasteiger partial charge in [0.2, 0.25) is 0 Å². The Kier molecular flexibility index (Phi) is 7.16. The van der Waals surface area contributed by atoms with Gasteiger partial charge >= 0.3 is 0 Å². The first-order chi connectivity index (χ1) is 12.7. The van der Waals surface area contributed by atoms with E-state index in [1.165, 1.54) is 60.9 Å². The molecule has 0 bridgehead atoms. The summed E-state index contributed by atoms with van der Waals surface area (Å²) in [6, 6.07) is 15.5. The van der Waals surface area contributed by atoms with Crippen molar-refractivity contribution in [3.8, 4) is 0 Å². The van der Waals surface area contributed by atoms with Crippen LogP contribution in [0.25, 0.3) is 0 Å². The second kappa shape index (κ2) is 9.58. The molecule has 0 saturated heterocycles. The van der Waals surface area contributed by atoms with Gasteiger partial charge in [-0.3, -0.25) is 0 Å². The van der Waals surface area contributed by atoms with Crippen LogP contribution in [0.15, 0.2) is 42.5 Å². The number of fused-ring (bicyclic) bond motifs is 1. The quantitative estimate of drug-likeness (QED) is 0.496. The van der Waals surface area contributed by atoms with Gasteiger partial charge in [-0.05, 0) is 54.6 Å². The Labute approximate surface area is 164 Å². The first-order valence-electron chi connectivity index (χ1n) is 10.2. The molecule has 2 heteroatoms. The van der Waals surface area contributed by atoms with Crippen molar-refractivity contribution in [3.05, 3.63) is 69.7 Å². The van der Waals surface area contributed by atoms with Crippen LogP contribution in [0.4, 0.5) is 0 Å². The summed E-state index contributed by atoms with van der Waals surface area (Å²) in [5.41, 5.74) is 5.52. The lowest BCUT2D eigenvalue weighted by Crippen LogP contribution is -2.29. The molecule has 2 aromatic rings. The molecule has 1 aliphatic heterocycles. The minimum Gasteiger partial charge on any atom is -0.302 e. The van der Waals surface area contributed by atoms with Crippen LogP contribution in [0.1, 0.15) is 67.2 Å². The van der Waals surface area contributed by atoms with Gasteiger partial charge in [0.15, 0.2) is 0 Å². The van der Waals surface area contributed by atoms with E-state index in [1.807, 2.05) is 0 Å². The fourth-order valence-electron chi connectivity index (χ4n) is 4.14. The molecule has 0 amide bonds. The highest BCUT2D eigenvalue weighted by molar-refractivity contribution is 6.31. The second-order valence-electron chi connectivity index (χ2n) is 7.73. The van der Waals surface area contributed by atoms with Gasteiger partial charge in [-0.15, -0.1) is 0 Å². The van der Waals surface area contributed by atoms with E-state index in [0.29, 0.717) is 5.92 Å².